The van der Waals surface area contributed by atoms with Crippen molar-refractivity contribution in [1.29, 1.82) is 0 Å². The lowest BCUT2D eigenvalue weighted by Crippen LogP contribution is -2.37. The van der Waals surface area contributed by atoms with Crippen molar-refractivity contribution >= 4 is 22.9 Å². The van der Waals surface area contributed by atoms with E-state index in [1.54, 1.807) is 11.3 Å². The molecule has 0 bridgehead atoms. The molecule has 0 aliphatic carbocycles. The number of thiophene rings is 1. The number of hydrogen-bond donors (Lipinski definition) is 1. The van der Waals surface area contributed by atoms with Crippen LogP contribution >= 0.6 is 22.9 Å². The first-order chi connectivity index (χ1) is 9.63. The van der Waals surface area contributed by atoms with Crippen LogP contribution < -0.4 is 5.32 Å². The maximum Gasteiger partial charge on any atom is 0.135 e. The van der Waals surface area contributed by atoms with Gasteiger partial charge in [0.15, 0.2) is 0 Å². The summed E-state index contributed by atoms with van der Waals surface area (Å²) in [4.78, 5) is 1.29. The summed E-state index contributed by atoms with van der Waals surface area (Å²) in [6.07, 6.45) is 2.12. The first kappa shape index (κ1) is 14.0. The Morgan fingerprint density at radius 1 is 1.45 bits per heavy atom. The molecule has 108 valence electrons. The number of aromatic nitrogens is 3. The number of halogens is 1. The Kier molecular flexibility index (Phi) is 4.10. The molecule has 1 aliphatic rings. The second-order valence-electron chi connectivity index (χ2n) is 5.56. The predicted octanol–water partition coefficient (Wildman–Crippen LogP) is 3.22. The van der Waals surface area contributed by atoms with Crippen LogP contribution in [0.15, 0.2) is 12.1 Å². The molecule has 1 atom stereocenters. The molecular formula is C14H19ClN4S. The van der Waals surface area contributed by atoms with E-state index in [9.17, 15) is 0 Å². The highest BCUT2D eigenvalue weighted by Gasteiger charge is 2.23. The SMILES string of the molecule is CC(C)c1nnc2n1CC(NCc1ccc(Cl)s1)CC2. The molecule has 6 heteroatoms. The number of hydrogen-bond acceptors (Lipinski definition) is 4. The molecule has 0 amide bonds. The van der Waals surface area contributed by atoms with Crippen molar-refractivity contribution in [2.45, 2.75) is 51.7 Å². The molecule has 2 aromatic heterocycles. The van der Waals surface area contributed by atoms with Gasteiger partial charge in [-0.3, -0.25) is 0 Å². The van der Waals surface area contributed by atoms with Gasteiger partial charge in [0.05, 0.1) is 4.34 Å². The molecular weight excluding hydrogens is 292 g/mol. The summed E-state index contributed by atoms with van der Waals surface area (Å²) in [7, 11) is 0. The van der Waals surface area contributed by atoms with Crippen LogP contribution in [0.1, 0.15) is 42.7 Å². The highest BCUT2D eigenvalue weighted by molar-refractivity contribution is 7.16. The lowest BCUT2D eigenvalue weighted by molar-refractivity contribution is 0.371. The first-order valence-corrected chi connectivity index (χ1v) is 8.22. The maximum atomic E-state index is 5.96. The van der Waals surface area contributed by atoms with Gasteiger partial charge in [0.25, 0.3) is 0 Å². The topological polar surface area (TPSA) is 42.7 Å². The monoisotopic (exact) mass is 310 g/mol. The van der Waals surface area contributed by atoms with Gasteiger partial charge in [0, 0.05) is 36.3 Å². The summed E-state index contributed by atoms with van der Waals surface area (Å²) >= 11 is 7.60. The average Bonchev–Trinajstić information content (AvgIpc) is 3.01. The first-order valence-electron chi connectivity index (χ1n) is 7.03. The number of fused-ring (bicyclic) bond motifs is 1. The molecule has 0 saturated heterocycles. The van der Waals surface area contributed by atoms with Gasteiger partial charge in [-0.1, -0.05) is 25.4 Å². The minimum atomic E-state index is 0.422. The Labute approximate surface area is 128 Å². The standard InChI is InChI=1S/C14H19ClN4S/c1-9(2)14-18-17-13-6-3-10(8-19(13)14)16-7-11-4-5-12(15)20-11/h4-5,9-10,16H,3,6-8H2,1-2H3. The molecule has 0 fully saturated rings. The summed E-state index contributed by atoms with van der Waals surface area (Å²) in [6.45, 7) is 6.19. The summed E-state index contributed by atoms with van der Waals surface area (Å²) < 4.78 is 3.14. The van der Waals surface area contributed by atoms with Gasteiger partial charge < -0.3 is 9.88 Å². The fraction of sp³-hybridized carbons (Fsp3) is 0.571. The van der Waals surface area contributed by atoms with Gasteiger partial charge in [-0.25, -0.2) is 0 Å². The molecule has 1 aliphatic heterocycles. The van der Waals surface area contributed by atoms with E-state index in [2.05, 4.69) is 40.0 Å². The summed E-state index contributed by atoms with van der Waals surface area (Å²) in [5, 5.41) is 12.3. The Morgan fingerprint density at radius 2 is 2.30 bits per heavy atom. The predicted molar refractivity (Wildman–Crippen MR) is 82.4 cm³/mol. The van der Waals surface area contributed by atoms with Crippen molar-refractivity contribution in [2.75, 3.05) is 0 Å². The van der Waals surface area contributed by atoms with Crippen LogP contribution in [0.25, 0.3) is 0 Å². The minimum Gasteiger partial charge on any atom is -0.313 e. The van der Waals surface area contributed by atoms with E-state index in [4.69, 9.17) is 11.6 Å². The molecule has 0 saturated carbocycles. The number of nitrogens with one attached hydrogen (secondary N) is 1. The van der Waals surface area contributed by atoms with E-state index in [0.717, 1.165) is 41.9 Å². The van der Waals surface area contributed by atoms with Gasteiger partial charge in [-0.05, 0) is 18.6 Å². The third-order valence-corrected chi connectivity index (χ3v) is 4.92. The van der Waals surface area contributed by atoms with E-state index >= 15 is 0 Å². The maximum absolute atomic E-state index is 5.96. The van der Waals surface area contributed by atoms with Gasteiger partial charge in [0.2, 0.25) is 0 Å². The van der Waals surface area contributed by atoms with Crippen molar-refractivity contribution in [1.82, 2.24) is 20.1 Å². The summed E-state index contributed by atoms with van der Waals surface area (Å²) in [6, 6.07) is 4.53. The van der Waals surface area contributed by atoms with E-state index in [0.29, 0.717) is 12.0 Å². The van der Waals surface area contributed by atoms with Crippen LogP contribution in [0, 0.1) is 0 Å². The molecule has 3 rings (SSSR count). The highest BCUT2D eigenvalue weighted by Crippen LogP contribution is 2.23. The van der Waals surface area contributed by atoms with Crippen LogP contribution in [-0.4, -0.2) is 20.8 Å². The number of aryl methyl sites for hydroxylation is 1. The van der Waals surface area contributed by atoms with E-state index in [1.165, 1.54) is 4.88 Å². The van der Waals surface area contributed by atoms with Gasteiger partial charge in [-0.2, -0.15) is 0 Å². The zero-order valence-electron chi connectivity index (χ0n) is 11.8. The summed E-state index contributed by atoms with van der Waals surface area (Å²) in [5.74, 6) is 2.66. The molecule has 1 N–H and O–H groups in total. The third kappa shape index (κ3) is 2.90. The molecule has 3 heterocycles. The van der Waals surface area contributed by atoms with Crippen LogP contribution in [-0.2, 0) is 19.5 Å². The van der Waals surface area contributed by atoms with Crippen molar-refractivity contribution < 1.29 is 0 Å². The van der Waals surface area contributed by atoms with Gasteiger partial charge in [0.1, 0.15) is 11.6 Å². The molecule has 1 unspecified atom stereocenters. The van der Waals surface area contributed by atoms with Crippen molar-refractivity contribution in [3.05, 3.63) is 33.0 Å². The minimum absolute atomic E-state index is 0.422. The fourth-order valence-corrected chi connectivity index (χ4v) is 3.67. The van der Waals surface area contributed by atoms with Gasteiger partial charge in [-0.15, -0.1) is 21.5 Å². The molecule has 4 nitrogen and oxygen atoms in total. The average molecular weight is 311 g/mol. The molecule has 0 radical (unpaired) electrons. The lowest BCUT2D eigenvalue weighted by atomic mass is 10.1. The van der Waals surface area contributed by atoms with E-state index < -0.39 is 0 Å². The van der Waals surface area contributed by atoms with Crippen molar-refractivity contribution in [2.24, 2.45) is 0 Å². The Hall–Kier alpha value is -0.910. The smallest absolute Gasteiger partial charge is 0.135 e. The molecule has 20 heavy (non-hydrogen) atoms. The van der Waals surface area contributed by atoms with Crippen LogP contribution in [0.4, 0.5) is 0 Å². The Morgan fingerprint density at radius 3 is 3.00 bits per heavy atom. The summed E-state index contributed by atoms with van der Waals surface area (Å²) in [5.41, 5.74) is 0. The number of rotatable bonds is 4. The lowest BCUT2D eigenvalue weighted by Gasteiger charge is -2.25. The third-order valence-electron chi connectivity index (χ3n) is 3.69. The van der Waals surface area contributed by atoms with Crippen LogP contribution in [0.5, 0.6) is 0 Å². The highest BCUT2D eigenvalue weighted by atomic mass is 35.5. The quantitative estimate of drug-likeness (QED) is 0.943. The Bertz CT molecular complexity index is 590. The normalized spacial score (nSPS) is 18.5. The second kappa shape index (κ2) is 5.84. The second-order valence-corrected chi connectivity index (χ2v) is 7.36. The molecule has 2 aromatic rings. The van der Waals surface area contributed by atoms with E-state index in [-0.39, 0.29) is 0 Å². The zero-order chi connectivity index (χ0) is 14.1. The fourth-order valence-electron chi connectivity index (χ4n) is 2.63. The van der Waals surface area contributed by atoms with Crippen LogP contribution in [0.3, 0.4) is 0 Å². The van der Waals surface area contributed by atoms with Crippen molar-refractivity contribution in [3.8, 4) is 0 Å². The number of nitrogens with zero attached hydrogens (tertiary/aromatic N) is 3. The Balaban J connectivity index is 1.64. The van der Waals surface area contributed by atoms with E-state index in [1.807, 2.05) is 6.07 Å². The van der Waals surface area contributed by atoms with Gasteiger partial charge >= 0.3 is 0 Å². The molecule has 0 aromatic carbocycles. The zero-order valence-corrected chi connectivity index (χ0v) is 13.3. The molecule has 0 spiro atoms. The van der Waals surface area contributed by atoms with Crippen molar-refractivity contribution in [3.63, 3.8) is 0 Å². The largest absolute Gasteiger partial charge is 0.313 e. The van der Waals surface area contributed by atoms with Crippen LogP contribution in [0.2, 0.25) is 4.34 Å².